The van der Waals surface area contributed by atoms with Crippen LogP contribution in [0.5, 0.6) is 5.75 Å². The molecule has 4 rings (SSSR count). The molecule has 0 saturated heterocycles. The average Bonchev–Trinajstić information content (AvgIpc) is 3.28. The molecule has 8 nitrogen and oxygen atoms in total. The molecule has 4 aromatic rings. The minimum absolute atomic E-state index is 0.0322. The highest BCUT2D eigenvalue weighted by molar-refractivity contribution is 5.82. The predicted molar refractivity (Wildman–Crippen MR) is 127 cm³/mol. The topological polar surface area (TPSA) is 91.2 Å². The number of methoxy groups -OCH3 is 1. The quantitative estimate of drug-likeness (QED) is 0.436. The van der Waals surface area contributed by atoms with Gasteiger partial charge < -0.3 is 14.8 Å². The summed E-state index contributed by atoms with van der Waals surface area (Å²) in [5.74, 6) is 1.50. The number of carbonyl (C=O) groups excluding carboxylic acids is 1. The van der Waals surface area contributed by atoms with Gasteiger partial charge in [-0.15, -0.1) is 0 Å². The Morgan fingerprint density at radius 2 is 1.88 bits per heavy atom. The molecular weight excluding hydrogens is 418 g/mol. The largest absolute Gasteiger partial charge is 0.497 e. The van der Waals surface area contributed by atoms with Crippen LogP contribution in [0.1, 0.15) is 39.3 Å². The van der Waals surface area contributed by atoms with Crippen molar-refractivity contribution in [2.75, 3.05) is 12.4 Å². The van der Waals surface area contributed by atoms with Crippen LogP contribution in [0.4, 0.5) is 10.6 Å². The van der Waals surface area contributed by atoms with Gasteiger partial charge in [0, 0.05) is 11.8 Å². The molecule has 1 atom stereocenters. The van der Waals surface area contributed by atoms with E-state index in [1.165, 1.54) is 4.68 Å². The van der Waals surface area contributed by atoms with Crippen molar-refractivity contribution in [3.8, 4) is 16.9 Å². The van der Waals surface area contributed by atoms with Gasteiger partial charge in [0.2, 0.25) is 0 Å². The second-order valence-electron chi connectivity index (χ2n) is 8.76. The number of nitrogens with zero attached hydrogens (tertiary/aromatic N) is 4. The zero-order valence-electron chi connectivity index (χ0n) is 19.4. The molecule has 1 N–H and O–H groups in total. The fraction of sp³-hybridized carbons (Fsp3) is 0.280. The van der Waals surface area contributed by atoms with E-state index >= 15 is 0 Å². The van der Waals surface area contributed by atoms with E-state index in [2.05, 4.69) is 22.3 Å². The van der Waals surface area contributed by atoms with E-state index < -0.39 is 11.7 Å². The van der Waals surface area contributed by atoms with E-state index in [0.717, 1.165) is 33.5 Å². The molecule has 0 aliphatic heterocycles. The molecule has 0 aliphatic rings. The summed E-state index contributed by atoms with van der Waals surface area (Å²) in [7, 11) is 1.66. The molecule has 0 saturated carbocycles. The standard InChI is InChI=1S/C25H27N5O3/c1-16(17-7-6-8-20(11-17)32-5)28-23-14-26-22-12-18(9-10-21(22)29-23)19-13-27-30(15-19)24(31)33-25(2,3)4/h6-16H,1-5H3,(H,28,29)/t16-/m1/s1. The first-order chi connectivity index (χ1) is 15.7. The lowest BCUT2D eigenvalue weighted by Gasteiger charge is -2.18. The highest BCUT2D eigenvalue weighted by Gasteiger charge is 2.19. The number of hydrogen-bond acceptors (Lipinski definition) is 7. The molecular formula is C25H27N5O3. The summed E-state index contributed by atoms with van der Waals surface area (Å²) >= 11 is 0. The molecule has 0 radical (unpaired) electrons. The molecule has 2 aromatic carbocycles. The smallest absolute Gasteiger partial charge is 0.435 e. The Kier molecular flexibility index (Phi) is 6.00. The number of benzene rings is 2. The molecule has 170 valence electrons. The number of ether oxygens (including phenoxy) is 2. The van der Waals surface area contributed by atoms with Crippen LogP contribution in [0, 0.1) is 0 Å². The number of nitrogens with one attached hydrogen (secondary N) is 1. The van der Waals surface area contributed by atoms with Gasteiger partial charge in [-0.1, -0.05) is 18.2 Å². The number of hydrogen-bond donors (Lipinski definition) is 1. The number of fused-ring (bicyclic) bond motifs is 1. The minimum atomic E-state index is -0.586. The van der Waals surface area contributed by atoms with Crippen molar-refractivity contribution in [3.05, 3.63) is 66.6 Å². The fourth-order valence-corrected chi connectivity index (χ4v) is 3.36. The summed E-state index contributed by atoms with van der Waals surface area (Å²) in [4.78, 5) is 21.5. The van der Waals surface area contributed by atoms with Crippen LogP contribution in [0.2, 0.25) is 0 Å². The lowest BCUT2D eigenvalue weighted by atomic mass is 10.1. The summed E-state index contributed by atoms with van der Waals surface area (Å²) in [6.45, 7) is 7.51. The SMILES string of the molecule is COc1cccc([C@@H](C)Nc2cnc3cc(-c4cnn(C(=O)OC(C)(C)C)c4)ccc3n2)c1. The number of rotatable bonds is 5. The van der Waals surface area contributed by atoms with Crippen molar-refractivity contribution in [2.24, 2.45) is 0 Å². The zero-order chi connectivity index (χ0) is 23.6. The van der Waals surface area contributed by atoms with Gasteiger partial charge in [0.1, 0.15) is 17.2 Å². The zero-order valence-corrected chi connectivity index (χ0v) is 19.4. The van der Waals surface area contributed by atoms with Crippen LogP contribution in [0.3, 0.4) is 0 Å². The van der Waals surface area contributed by atoms with Crippen molar-refractivity contribution < 1.29 is 14.3 Å². The molecule has 8 heteroatoms. The van der Waals surface area contributed by atoms with Crippen LogP contribution in [0.15, 0.2) is 61.1 Å². The van der Waals surface area contributed by atoms with Crippen molar-refractivity contribution in [3.63, 3.8) is 0 Å². The van der Waals surface area contributed by atoms with Crippen molar-refractivity contribution in [1.82, 2.24) is 19.7 Å². The van der Waals surface area contributed by atoms with Crippen LogP contribution in [-0.4, -0.2) is 38.6 Å². The molecule has 0 amide bonds. The predicted octanol–water partition coefficient (Wildman–Crippen LogP) is 5.46. The molecule has 2 aromatic heterocycles. The van der Waals surface area contributed by atoms with Gasteiger partial charge in [0.25, 0.3) is 0 Å². The highest BCUT2D eigenvalue weighted by atomic mass is 16.6. The lowest BCUT2D eigenvalue weighted by molar-refractivity contribution is 0.0514. The Bertz CT molecular complexity index is 1290. The van der Waals surface area contributed by atoms with Crippen molar-refractivity contribution >= 4 is 22.9 Å². The van der Waals surface area contributed by atoms with Crippen LogP contribution in [-0.2, 0) is 4.74 Å². The van der Waals surface area contributed by atoms with Gasteiger partial charge >= 0.3 is 6.09 Å². The van der Waals surface area contributed by atoms with Crippen LogP contribution < -0.4 is 10.1 Å². The number of aromatic nitrogens is 4. The van der Waals surface area contributed by atoms with Crippen molar-refractivity contribution in [1.29, 1.82) is 0 Å². The third-order valence-electron chi connectivity index (χ3n) is 5.00. The Balaban J connectivity index is 1.52. The molecule has 0 spiro atoms. The third-order valence-corrected chi connectivity index (χ3v) is 5.00. The van der Waals surface area contributed by atoms with Gasteiger partial charge in [-0.05, 0) is 63.1 Å². The Hall–Kier alpha value is -3.94. The van der Waals surface area contributed by atoms with Gasteiger partial charge in [-0.25, -0.2) is 9.78 Å². The van der Waals surface area contributed by atoms with E-state index in [-0.39, 0.29) is 6.04 Å². The van der Waals surface area contributed by atoms with Gasteiger partial charge in [0.05, 0.1) is 36.6 Å². The van der Waals surface area contributed by atoms with Gasteiger partial charge in [0.15, 0.2) is 0 Å². The van der Waals surface area contributed by atoms with E-state index in [1.807, 2.05) is 63.2 Å². The maximum absolute atomic E-state index is 12.2. The Morgan fingerprint density at radius 1 is 1.06 bits per heavy atom. The molecule has 0 aliphatic carbocycles. The summed E-state index contributed by atoms with van der Waals surface area (Å²) in [6, 6.07) is 13.7. The fourth-order valence-electron chi connectivity index (χ4n) is 3.36. The monoisotopic (exact) mass is 445 g/mol. The Labute approximate surface area is 192 Å². The molecule has 0 unspecified atom stereocenters. The third kappa shape index (κ3) is 5.28. The molecule has 33 heavy (non-hydrogen) atoms. The summed E-state index contributed by atoms with van der Waals surface area (Å²) in [5, 5.41) is 7.52. The molecule has 0 bridgehead atoms. The first kappa shape index (κ1) is 22.3. The summed E-state index contributed by atoms with van der Waals surface area (Å²) < 4.78 is 11.9. The maximum atomic E-state index is 12.2. The molecule has 0 fully saturated rings. The van der Waals surface area contributed by atoms with Crippen LogP contribution in [0.25, 0.3) is 22.2 Å². The maximum Gasteiger partial charge on any atom is 0.435 e. The lowest BCUT2D eigenvalue weighted by Crippen LogP contribution is -2.27. The van der Waals surface area contributed by atoms with E-state index in [9.17, 15) is 4.79 Å². The van der Waals surface area contributed by atoms with E-state index in [4.69, 9.17) is 14.5 Å². The first-order valence-electron chi connectivity index (χ1n) is 10.7. The normalized spacial score (nSPS) is 12.4. The first-order valence-corrected chi connectivity index (χ1v) is 10.7. The summed E-state index contributed by atoms with van der Waals surface area (Å²) in [6.07, 6.45) is 4.47. The summed E-state index contributed by atoms with van der Waals surface area (Å²) in [5.41, 5.74) is 3.69. The number of carbonyl (C=O) groups is 1. The second-order valence-corrected chi connectivity index (χ2v) is 8.76. The van der Waals surface area contributed by atoms with E-state index in [0.29, 0.717) is 5.82 Å². The van der Waals surface area contributed by atoms with Crippen LogP contribution >= 0.6 is 0 Å². The highest BCUT2D eigenvalue weighted by Crippen LogP contribution is 2.25. The van der Waals surface area contributed by atoms with Gasteiger partial charge in [-0.3, -0.25) is 4.98 Å². The average molecular weight is 446 g/mol. The van der Waals surface area contributed by atoms with E-state index in [1.54, 1.807) is 25.7 Å². The minimum Gasteiger partial charge on any atom is -0.497 e. The number of anilines is 1. The van der Waals surface area contributed by atoms with Gasteiger partial charge in [-0.2, -0.15) is 9.78 Å². The molecule has 2 heterocycles. The second kappa shape index (κ2) is 8.90. The van der Waals surface area contributed by atoms with Crippen molar-refractivity contribution in [2.45, 2.75) is 39.3 Å². The Morgan fingerprint density at radius 3 is 2.64 bits per heavy atom.